The normalized spacial score (nSPS) is 15.0. The van der Waals surface area contributed by atoms with E-state index in [4.69, 9.17) is 0 Å². The standard InChI is InChI=1S/C13H20FN/c1-9-5-6-12(14)7-13(9)11(3)10(2)8-15-4/h5-7,10-11,15H,8H2,1-4H3. The highest BCUT2D eigenvalue weighted by Crippen LogP contribution is 2.26. The number of nitrogens with one attached hydrogen (secondary N) is 1. The van der Waals surface area contributed by atoms with Crippen molar-refractivity contribution in [3.05, 3.63) is 35.1 Å². The van der Waals surface area contributed by atoms with Crippen molar-refractivity contribution in [2.45, 2.75) is 26.7 Å². The Labute approximate surface area is 91.7 Å². The van der Waals surface area contributed by atoms with E-state index >= 15 is 0 Å². The van der Waals surface area contributed by atoms with Gasteiger partial charge >= 0.3 is 0 Å². The van der Waals surface area contributed by atoms with E-state index in [1.807, 2.05) is 20.0 Å². The quantitative estimate of drug-likeness (QED) is 0.803. The maximum absolute atomic E-state index is 13.1. The Kier molecular flexibility index (Phi) is 4.28. The topological polar surface area (TPSA) is 12.0 Å². The lowest BCUT2D eigenvalue weighted by Crippen LogP contribution is -2.21. The Bertz CT molecular complexity index is 322. The SMILES string of the molecule is CNCC(C)C(C)c1cc(F)ccc1C. The zero-order chi connectivity index (χ0) is 11.4. The summed E-state index contributed by atoms with van der Waals surface area (Å²) >= 11 is 0. The van der Waals surface area contributed by atoms with Gasteiger partial charge in [-0.15, -0.1) is 0 Å². The van der Waals surface area contributed by atoms with Gasteiger partial charge in [0.25, 0.3) is 0 Å². The van der Waals surface area contributed by atoms with Crippen LogP contribution in [0.3, 0.4) is 0 Å². The highest BCUT2D eigenvalue weighted by molar-refractivity contribution is 5.30. The molecule has 1 aromatic carbocycles. The fourth-order valence-corrected chi connectivity index (χ4v) is 1.91. The summed E-state index contributed by atoms with van der Waals surface area (Å²) in [5.74, 6) is 0.753. The second-order valence-electron chi connectivity index (χ2n) is 4.32. The van der Waals surface area contributed by atoms with Crippen molar-refractivity contribution < 1.29 is 4.39 Å². The van der Waals surface area contributed by atoms with Crippen LogP contribution in [0.1, 0.15) is 30.9 Å². The molecule has 1 N–H and O–H groups in total. The summed E-state index contributed by atoms with van der Waals surface area (Å²) in [5, 5.41) is 3.16. The van der Waals surface area contributed by atoms with Gasteiger partial charge in [-0.25, -0.2) is 4.39 Å². The van der Waals surface area contributed by atoms with Crippen LogP contribution < -0.4 is 5.32 Å². The van der Waals surface area contributed by atoms with Crippen LogP contribution in [0.4, 0.5) is 4.39 Å². The summed E-state index contributed by atoms with van der Waals surface area (Å²) in [7, 11) is 1.95. The maximum Gasteiger partial charge on any atom is 0.123 e. The van der Waals surface area contributed by atoms with E-state index in [0.717, 1.165) is 12.1 Å². The Morgan fingerprint density at radius 1 is 1.33 bits per heavy atom. The van der Waals surface area contributed by atoms with E-state index in [1.165, 1.54) is 11.6 Å². The van der Waals surface area contributed by atoms with Crippen molar-refractivity contribution in [2.75, 3.05) is 13.6 Å². The Morgan fingerprint density at radius 2 is 2.00 bits per heavy atom. The lowest BCUT2D eigenvalue weighted by molar-refractivity contribution is 0.462. The summed E-state index contributed by atoms with van der Waals surface area (Å²) in [5.41, 5.74) is 2.30. The first-order valence-corrected chi connectivity index (χ1v) is 5.47. The third kappa shape index (κ3) is 3.03. The van der Waals surface area contributed by atoms with E-state index in [0.29, 0.717) is 11.8 Å². The molecule has 2 heteroatoms. The summed E-state index contributed by atoms with van der Waals surface area (Å²) < 4.78 is 13.1. The maximum atomic E-state index is 13.1. The van der Waals surface area contributed by atoms with Gasteiger partial charge in [-0.2, -0.15) is 0 Å². The summed E-state index contributed by atoms with van der Waals surface area (Å²) in [6.07, 6.45) is 0. The average molecular weight is 209 g/mol. The number of hydrogen-bond donors (Lipinski definition) is 1. The molecule has 1 rings (SSSR count). The van der Waals surface area contributed by atoms with Gasteiger partial charge in [0.15, 0.2) is 0 Å². The fraction of sp³-hybridized carbons (Fsp3) is 0.538. The molecular formula is C13H20FN. The van der Waals surface area contributed by atoms with E-state index < -0.39 is 0 Å². The van der Waals surface area contributed by atoms with Gasteiger partial charge < -0.3 is 5.32 Å². The van der Waals surface area contributed by atoms with Gasteiger partial charge in [0.2, 0.25) is 0 Å². The van der Waals surface area contributed by atoms with Gasteiger partial charge in [0.05, 0.1) is 0 Å². The van der Waals surface area contributed by atoms with Crippen LogP contribution in [0.15, 0.2) is 18.2 Å². The minimum atomic E-state index is -0.140. The van der Waals surface area contributed by atoms with Crippen LogP contribution in [-0.2, 0) is 0 Å². The minimum Gasteiger partial charge on any atom is -0.319 e. The first-order valence-electron chi connectivity index (χ1n) is 5.47. The fourth-order valence-electron chi connectivity index (χ4n) is 1.91. The molecule has 0 radical (unpaired) electrons. The van der Waals surface area contributed by atoms with Gasteiger partial charge in [0, 0.05) is 0 Å². The number of rotatable bonds is 4. The lowest BCUT2D eigenvalue weighted by atomic mass is 9.86. The molecule has 1 aromatic rings. The first kappa shape index (κ1) is 12.2. The van der Waals surface area contributed by atoms with Gasteiger partial charge in [-0.1, -0.05) is 19.9 Å². The molecule has 0 saturated carbocycles. The predicted molar refractivity (Wildman–Crippen MR) is 62.6 cm³/mol. The summed E-state index contributed by atoms with van der Waals surface area (Å²) in [6.45, 7) is 7.34. The van der Waals surface area contributed by atoms with Crippen molar-refractivity contribution in [1.29, 1.82) is 0 Å². The number of hydrogen-bond acceptors (Lipinski definition) is 1. The second kappa shape index (κ2) is 5.26. The molecule has 0 amide bonds. The van der Waals surface area contributed by atoms with Gasteiger partial charge in [0.1, 0.15) is 5.82 Å². The monoisotopic (exact) mass is 209 g/mol. The number of halogens is 1. The van der Waals surface area contributed by atoms with Crippen LogP contribution in [0.2, 0.25) is 0 Å². The number of benzene rings is 1. The minimum absolute atomic E-state index is 0.140. The second-order valence-corrected chi connectivity index (χ2v) is 4.32. The molecule has 0 bridgehead atoms. The summed E-state index contributed by atoms with van der Waals surface area (Å²) in [6, 6.07) is 5.04. The van der Waals surface area contributed by atoms with Crippen molar-refractivity contribution in [1.82, 2.24) is 5.32 Å². The Balaban J connectivity index is 2.89. The van der Waals surface area contributed by atoms with E-state index in [2.05, 4.69) is 19.2 Å². The molecule has 0 heterocycles. The van der Waals surface area contributed by atoms with Crippen molar-refractivity contribution >= 4 is 0 Å². The molecule has 0 aliphatic heterocycles. The van der Waals surface area contributed by atoms with Crippen molar-refractivity contribution in [3.8, 4) is 0 Å². The lowest BCUT2D eigenvalue weighted by Gasteiger charge is -2.21. The molecule has 0 aliphatic rings. The van der Waals surface area contributed by atoms with Gasteiger partial charge in [-0.05, 0) is 55.6 Å². The molecule has 15 heavy (non-hydrogen) atoms. The van der Waals surface area contributed by atoms with Gasteiger partial charge in [-0.3, -0.25) is 0 Å². The van der Waals surface area contributed by atoms with E-state index in [-0.39, 0.29) is 5.82 Å². The van der Waals surface area contributed by atoms with E-state index in [1.54, 1.807) is 6.07 Å². The smallest absolute Gasteiger partial charge is 0.123 e. The number of aryl methyl sites for hydroxylation is 1. The average Bonchev–Trinajstić information content (AvgIpc) is 2.21. The first-order chi connectivity index (χ1) is 7.06. The molecule has 0 spiro atoms. The third-order valence-electron chi connectivity index (χ3n) is 3.11. The molecule has 0 aliphatic carbocycles. The summed E-state index contributed by atoms with van der Waals surface area (Å²) in [4.78, 5) is 0. The molecule has 0 aromatic heterocycles. The molecule has 1 nitrogen and oxygen atoms in total. The van der Waals surface area contributed by atoms with Crippen LogP contribution in [0.25, 0.3) is 0 Å². The molecule has 84 valence electrons. The highest BCUT2D eigenvalue weighted by Gasteiger charge is 2.15. The van der Waals surface area contributed by atoms with Crippen LogP contribution in [0.5, 0.6) is 0 Å². The largest absolute Gasteiger partial charge is 0.319 e. The zero-order valence-corrected chi connectivity index (χ0v) is 9.97. The van der Waals surface area contributed by atoms with Crippen LogP contribution in [0, 0.1) is 18.7 Å². The van der Waals surface area contributed by atoms with E-state index in [9.17, 15) is 4.39 Å². The molecule has 2 atom stereocenters. The zero-order valence-electron chi connectivity index (χ0n) is 9.97. The molecule has 0 saturated heterocycles. The highest BCUT2D eigenvalue weighted by atomic mass is 19.1. The molecule has 2 unspecified atom stereocenters. The molecular weight excluding hydrogens is 189 g/mol. The van der Waals surface area contributed by atoms with Crippen molar-refractivity contribution in [2.24, 2.45) is 5.92 Å². The predicted octanol–water partition coefficient (Wildman–Crippen LogP) is 3.09. The van der Waals surface area contributed by atoms with Crippen LogP contribution >= 0.6 is 0 Å². The molecule has 0 fully saturated rings. The Morgan fingerprint density at radius 3 is 2.60 bits per heavy atom. The van der Waals surface area contributed by atoms with Crippen molar-refractivity contribution in [3.63, 3.8) is 0 Å². The Hall–Kier alpha value is -0.890. The van der Waals surface area contributed by atoms with Crippen LogP contribution in [-0.4, -0.2) is 13.6 Å². The third-order valence-corrected chi connectivity index (χ3v) is 3.11.